The number of furan rings is 1. The van der Waals surface area contributed by atoms with Crippen LogP contribution in [0.3, 0.4) is 0 Å². The Morgan fingerprint density at radius 3 is 2.45 bits per heavy atom. The van der Waals surface area contributed by atoms with Gasteiger partial charge in [-0.15, -0.1) is 0 Å². The molecule has 1 amide bonds. The molecule has 2 unspecified atom stereocenters. The molecule has 0 spiro atoms. The molecule has 2 atom stereocenters. The van der Waals surface area contributed by atoms with E-state index in [0.29, 0.717) is 10.4 Å². The van der Waals surface area contributed by atoms with Gasteiger partial charge in [0.15, 0.2) is 11.3 Å². The zero-order chi connectivity index (χ0) is 26.6. The monoisotopic (exact) mass is 580 g/mol. The number of esters is 1. The Morgan fingerprint density at radius 1 is 1.05 bits per heavy atom. The maximum atomic E-state index is 13.7. The number of fused-ring (bicyclic) bond motifs is 1. The fourth-order valence-corrected chi connectivity index (χ4v) is 5.09. The minimum atomic E-state index is -0.703. The summed E-state index contributed by atoms with van der Waals surface area (Å²) in [6.45, 7) is -0.511. The zero-order valence-electron chi connectivity index (χ0n) is 20.1. The van der Waals surface area contributed by atoms with Crippen LogP contribution in [-0.2, 0) is 14.3 Å². The van der Waals surface area contributed by atoms with E-state index in [1.807, 2.05) is 6.08 Å². The first-order valence-electron chi connectivity index (χ1n) is 12.1. The van der Waals surface area contributed by atoms with Gasteiger partial charge in [0.1, 0.15) is 17.4 Å². The van der Waals surface area contributed by atoms with Gasteiger partial charge in [-0.3, -0.25) is 4.79 Å². The van der Waals surface area contributed by atoms with Crippen LogP contribution in [0.1, 0.15) is 42.2 Å². The number of hydrazone groups is 1. The van der Waals surface area contributed by atoms with E-state index >= 15 is 0 Å². The molecule has 9 heteroatoms. The number of halogens is 3. The second-order valence-electron chi connectivity index (χ2n) is 9.02. The first kappa shape index (κ1) is 25.8. The maximum Gasteiger partial charge on any atom is 0.331 e. The number of hydrogen-bond donors (Lipinski definition) is 0. The van der Waals surface area contributed by atoms with Gasteiger partial charge in [0.05, 0.1) is 11.8 Å². The lowest BCUT2D eigenvalue weighted by atomic mass is 9.77. The van der Waals surface area contributed by atoms with Gasteiger partial charge in [-0.2, -0.15) is 5.10 Å². The third kappa shape index (κ3) is 5.83. The van der Waals surface area contributed by atoms with E-state index in [4.69, 9.17) is 14.3 Å². The molecule has 2 aliphatic rings. The highest BCUT2D eigenvalue weighted by Crippen LogP contribution is 2.44. The lowest BCUT2D eigenvalue weighted by molar-refractivity contribution is -0.149. The van der Waals surface area contributed by atoms with E-state index in [1.165, 1.54) is 41.4 Å². The lowest BCUT2D eigenvalue weighted by Gasteiger charge is -2.29. The normalized spacial score (nSPS) is 20.0. The van der Waals surface area contributed by atoms with Gasteiger partial charge in [-0.1, -0.05) is 24.3 Å². The van der Waals surface area contributed by atoms with Crippen molar-refractivity contribution in [2.45, 2.75) is 25.3 Å². The van der Waals surface area contributed by atoms with Crippen molar-refractivity contribution in [1.82, 2.24) is 5.01 Å². The summed E-state index contributed by atoms with van der Waals surface area (Å²) in [4.78, 5) is 25.5. The number of nitrogens with zero attached hydrogens (tertiary/aromatic N) is 2. The van der Waals surface area contributed by atoms with Crippen LogP contribution in [0.25, 0.3) is 12.2 Å². The molecule has 2 aromatic carbocycles. The first-order valence-corrected chi connectivity index (χ1v) is 12.9. The SMILES string of the molecule is O=C(/C=C/c1ccc(Br)o1)OCC(=O)N1N=C2/C(=C\c3ccc(F)cc3)CCCC2C1c1ccc(F)cc1. The third-order valence-electron chi connectivity index (χ3n) is 6.50. The van der Waals surface area contributed by atoms with Gasteiger partial charge in [0.25, 0.3) is 5.91 Å². The summed E-state index contributed by atoms with van der Waals surface area (Å²) < 4.78 is 38.1. The molecule has 0 radical (unpaired) electrons. The summed E-state index contributed by atoms with van der Waals surface area (Å²) in [5.74, 6) is -1.56. The summed E-state index contributed by atoms with van der Waals surface area (Å²) in [6.07, 6.45) is 6.99. The summed E-state index contributed by atoms with van der Waals surface area (Å²) in [6, 6.07) is 15.1. The lowest BCUT2D eigenvalue weighted by Crippen LogP contribution is -2.34. The summed E-state index contributed by atoms with van der Waals surface area (Å²) in [7, 11) is 0. The van der Waals surface area contributed by atoms with Crippen LogP contribution in [0.5, 0.6) is 0 Å². The molecule has 194 valence electrons. The van der Waals surface area contributed by atoms with Gasteiger partial charge >= 0.3 is 5.97 Å². The molecule has 0 saturated heterocycles. The fraction of sp³-hybridized carbons (Fsp3) is 0.207. The van der Waals surface area contributed by atoms with Crippen molar-refractivity contribution in [2.75, 3.05) is 6.61 Å². The molecule has 1 saturated carbocycles. The number of hydrogen-bond acceptors (Lipinski definition) is 5. The first-order chi connectivity index (χ1) is 18.4. The van der Waals surface area contributed by atoms with Crippen LogP contribution in [0, 0.1) is 17.6 Å². The van der Waals surface area contributed by atoms with E-state index in [0.717, 1.165) is 41.7 Å². The minimum absolute atomic E-state index is 0.113. The molecule has 6 nitrogen and oxygen atoms in total. The molecule has 1 fully saturated rings. The number of amides is 1. The van der Waals surface area contributed by atoms with Gasteiger partial charge in [0, 0.05) is 12.0 Å². The van der Waals surface area contributed by atoms with Crippen molar-refractivity contribution in [3.05, 3.63) is 106 Å². The summed E-state index contributed by atoms with van der Waals surface area (Å²) in [5.41, 5.74) is 3.29. The van der Waals surface area contributed by atoms with Gasteiger partial charge in [-0.25, -0.2) is 18.6 Å². The van der Waals surface area contributed by atoms with Crippen LogP contribution < -0.4 is 0 Å². The van der Waals surface area contributed by atoms with Gasteiger partial charge in [-0.05, 0) is 100 Å². The number of carbonyl (C=O) groups excluding carboxylic acids is 2. The molecule has 1 aliphatic heterocycles. The minimum Gasteiger partial charge on any atom is -0.452 e. The Morgan fingerprint density at radius 2 is 1.76 bits per heavy atom. The zero-order valence-corrected chi connectivity index (χ0v) is 21.7. The van der Waals surface area contributed by atoms with Crippen molar-refractivity contribution in [2.24, 2.45) is 11.0 Å². The van der Waals surface area contributed by atoms with E-state index < -0.39 is 24.5 Å². The van der Waals surface area contributed by atoms with E-state index in [2.05, 4.69) is 15.9 Å². The second kappa shape index (κ2) is 11.3. The average molecular weight is 581 g/mol. The molecule has 5 rings (SSSR count). The predicted octanol–water partition coefficient (Wildman–Crippen LogP) is 6.70. The van der Waals surface area contributed by atoms with Crippen molar-refractivity contribution in [1.29, 1.82) is 0 Å². The maximum absolute atomic E-state index is 13.7. The quantitative estimate of drug-likeness (QED) is 0.240. The Kier molecular flexibility index (Phi) is 7.64. The van der Waals surface area contributed by atoms with Crippen molar-refractivity contribution in [3.63, 3.8) is 0 Å². The number of benzene rings is 2. The van der Waals surface area contributed by atoms with E-state index in [-0.39, 0.29) is 17.6 Å². The highest BCUT2D eigenvalue weighted by atomic mass is 79.9. The molecule has 1 aromatic heterocycles. The summed E-state index contributed by atoms with van der Waals surface area (Å²) in [5, 5.41) is 6.04. The van der Waals surface area contributed by atoms with E-state index in [1.54, 1.807) is 36.4 Å². The Labute approximate surface area is 226 Å². The predicted molar refractivity (Wildman–Crippen MR) is 142 cm³/mol. The molecular weight excluding hydrogens is 558 g/mol. The molecule has 0 bridgehead atoms. The largest absolute Gasteiger partial charge is 0.452 e. The van der Waals surface area contributed by atoms with Crippen LogP contribution in [0.15, 0.2) is 86.5 Å². The standard InChI is InChI=1S/C29H23BrF2N2O4/c30-25-14-12-23(38-25)13-15-27(36)37-17-26(35)34-29(19-6-10-22(32)11-7-19)24-3-1-2-20(28(24)33-34)16-18-4-8-21(31)9-5-18/h4-16,24,29H,1-3,17H2/b15-13+,20-16-. The third-order valence-corrected chi connectivity index (χ3v) is 6.92. The van der Waals surface area contributed by atoms with Crippen molar-refractivity contribution in [3.8, 4) is 0 Å². The molecule has 3 aromatic rings. The Hall–Kier alpha value is -3.85. The number of allylic oxidation sites excluding steroid dienone is 1. The molecule has 2 heterocycles. The van der Waals surface area contributed by atoms with Crippen molar-refractivity contribution < 1.29 is 27.5 Å². The number of rotatable bonds is 6. The second-order valence-corrected chi connectivity index (χ2v) is 9.80. The summed E-state index contributed by atoms with van der Waals surface area (Å²) >= 11 is 3.19. The van der Waals surface area contributed by atoms with Crippen LogP contribution in [0.4, 0.5) is 8.78 Å². The van der Waals surface area contributed by atoms with Gasteiger partial charge < -0.3 is 9.15 Å². The molecular formula is C29H23BrF2N2O4. The van der Waals surface area contributed by atoms with E-state index in [9.17, 15) is 18.4 Å². The van der Waals surface area contributed by atoms with Crippen LogP contribution in [0.2, 0.25) is 0 Å². The van der Waals surface area contributed by atoms with Gasteiger partial charge in [0.2, 0.25) is 0 Å². The molecule has 1 aliphatic carbocycles. The van der Waals surface area contributed by atoms with Crippen LogP contribution in [-0.4, -0.2) is 29.2 Å². The number of carbonyl (C=O) groups is 2. The highest BCUT2D eigenvalue weighted by molar-refractivity contribution is 9.10. The molecule has 38 heavy (non-hydrogen) atoms. The molecule has 0 N–H and O–H groups in total. The van der Waals surface area contributed by atoms with Crippen LogP contribution >= 0.6 is 15.9 Å². The Bertz CT molecular complexity index is 1430. The number of ether oxygens (including phenoxy) is 1. The Balaban J connectivity index is 1.38. The fourth-order valence-electron chi connectivity index (χ4n) is 4.78. The van der Waals surface area contributed by atoms with Crippen molar-refractivity contribution >= 4 is 45.7 Å². The smallest absolute Gasteiger partial charge is 0.331 e. The highest BCUT2D eigenvalue weighted by Gasteiger charge is 2.43. The topological polar surface area (TPSA) is 72.1 Å². The average Bonchev–Trinajstić information content (AvgIpc) is 3.52.